The van der Waals surface area contributed by atoms with Crippen molar-refractivity contribution in [2.75, 3.05) is 13.1 Å². The highest BCUT2D eigenvalue weighted by atomic mass is 16.5. The first kappa shape index (κ1) is 16.3. The Morgan fingerprint density at radius 2 is 1.87 bits per heavy atom. The Balaban J connectivity index is 1.56. The number of β-amino-alcohol motifs (C(OH)–C–C–N with tert-alkyl or cyclic N) is 1. The van der Waals surface area contributed by atoms with E-state index in [0.29, 0.717) is 25.1 Å². The van der Waals surface area contributed by atoms with E-state index in [4.69, 9.17) is 4.74 Å². The molecule has 1 aromatic carbocycles. The number of carbonyl (C=O) groups is 1. The number of nitrogens with zero attached hydrogens (tertiary/aromatic N) is 1. The van der Waals surface area contributed by atoms with Gasteiger partial charge in [0.2, 0.25) is 5.91 Å². The molecular weight excluding hydrogens is 294 g/mol. The number of aliphatic hydroxyl groups is 2. The van der Waals surface area contributed by atoms with Crippen LogP contribution in [0.2, 0.25) is 0 Å². The number of hydrogen-bond acceptors (Lipinski definition) is 4. The maximum atomic E-state index is 12.5. The molecule has 0 spiro atoms. The Morgan fingerprint density at radius 1 is 1.17 bits per heavy atom. The lowest BCUT2D eigenvalue weighted by atomic mass is 9.82. The third kappa shape index (κ3) is 4.03. The second-order valence-corrected chi connectivity index (χ2v) is 6.80. The van der Waals surface area contributed by atoms with E-state index in [2.05, 4.69) is 0 Å². The van der Waals surface area contributed by atoms with Crippen LogP contribution in [0.15, 0.2) is 30.3 Å². The summed E-state index contributed by atoms with van der Waals surface area (Å²) in [6, 6.07) is 9.32. The summed E-state index contributed by atoms with van der Waals surface area (Å²) < 4.78 is 5.78. The maximum Gasteiger partial charge on any atom is 0.225 e. The van der Waals surface area contributed by atoms with Crippen molar-refractivity contribution in [3.05, 3.63) is 30.3 Å². The van der Waals surface area contributed by atoms with Gasteiger partial charge in [0.25, 0.3) is 0 Å². The van der Waals surface area contributed by atoms with E-state index < -0.39 is 17.8 Å². The normalized spacial score (nSPS) is 27.0. The van der Waals surface area contributed by atoms with Crippen molar-refractivity contribution < 1.29 is 19.7 Å². The summed E-state index contributed by atoms with van der Waals surface area (Å²) in [6.07, 6.45) is 3.52. The molecule has 1 saturated heterocycles. The van der Waals surface area contributed by atoms with Gasteiger partial charge in [0.1, 0.15) is 18.0 Å². The molecule has 1 saturated carbocycles. The molecule has 0 aromatic heterocycles. The molecule has 1 aliphatic heterocycles. The smallest absolute Gasteiger partial charge is 0.225 e. The van der Waals surface area contributed by atoms with Gasteiger partial charge < -0.3 is 19.8 Å². The van der Waals surface area contributed by atoms with Crippen molar-refractivity contribution in [1.29, 1.82) is 0 Å². The van der Waals surface area contributed by atoms with Crippen LogP contribution in [0.3, 0.4) is 0 Å². The quantitative estimate of drug-likeness (QED) is 0.886. The number of para-hydroxylation sites is 1. The topological polar surface area (TPSA) is 70.0 Å². The van der Waals surface area contributed by atoms with Crippen molar-refractivity contribution in [3.8, 4) is 5.75 Å². The molecule has 5 heteroatoms. The van der Waals surface area contributed by atoms with Gasteiger partial charge in [-0.15, -0.1) is 0 Å². The van der Waals surface area contributed by atoms with Gasteiger partial charge in [0, 0.05) is 0 Å². The number of likely N-dealkylation sites (tertiary alicyclic amines) is 1. The van der Waals surface area contributed by atoms with E-state index in [9.17, 15) is 15.0 Å². The zero-order chi connectivity index (χ0) is 16.3. The molecule has 23 heavy (non-hydrogen) atoms. The zero-order valence-corrected chi connectivity index (χ0v) is 13.4. The summed E-state index contributed by atoms with van der Waals surface area (Å²) in [5.41, 5.74) is -0.862. The van der Waals surface area contributed by atoms with Crippen molar-refractivity contribution in [2.45, 2.75) is 56.3 Å². The molecule has 0 unspecified atom stereocenters. The Hall–Kier alpha value is -1.59. The van der Waals surface area contributed by atoms with Gasteiger partial charge in [-0.25, -0.2) is 0 Å². The minimum absolute atomic E-state index is 0.0902. The van der Waals surface area contributed by atoms with Crippen LogP contribution in [0.1, 0.15) is 38.5 Å². The van der Waals surface area contributed by atoms with Crippen LogP contribution in [-0.2, 0) is 4.79 Å². The molecule has 2 atom stereocenters. The largest absolute Gasteiger partial charge is 0.486 e. The van der Waals surface area contributed by atoms with Crippen LogP contribution in [0, 0.1) is 0 Å². The first-order valence-corrected chi connectivity index (χ1v) is 8.46. The average Bonchev–Trinajstić information content (AvgIpc) is 2.90. The maximum absolute atomic E-state index is 12.5. The molecule has 1 heterocycles. The fourth-order valence-electron chi connectivity index (χ4n) is 3.53. The Kier molecular flexibility index (Phi) is 4.87. The fraction of sp³-hybridized carbons (Fsp3) is 0.611. The predicted octanol–water partition coefficient (Wildman–Crippen LogP) is 1.72. The minimum atomic E-state index is -0.862. The lowest BCUT2D eigenvalue weighted by Crippen LogP contribution is -2.40. The molecule has 0 bridgehead atoms. The average molecular weight is 319 g/mol. The van der Waals surface area contributed by atoms with E-state index >= 15 is 0 Å². The number of ether oxygens (including phenoxy) is 1. The summed E-state index contributed by atoms with van der Waals surface area (Å²) in [7, 11) is 0. The predicted molar refractivity (Wildman–Crippen MR) is 86.1 cm³/mol. The monoisotopic (exact) mass is 319 g/mol. The summed E-state index contributed by atoms with van der Waals surface area (Å²) in [5.74, 6) is 0.601. The SMILES string of the molecule is O=C(CC1(O)CCCCC1)N1C[C@@H](O)[C@H](Oc2ccccc2)C1. The summed E-state index contributed by atoms with van der Waals surface area (Å²) in [4.78, 5) is 14.1. The molecule has 2 fully saturated rings. The van der Waals surface area contributed by atoms with Crippen LogP contribution in [0.4, 0.5) is 0 Å². The van der Waals surface area contributed by atoms with Gasteiger partial charge in [-0.2, -0.15) is 0 Å². The Bertz CT molecular complexity index is 527. The van der Waals surface area contributed by atoms with Crippen molar-refractivity contribution in [3.63, 3.8) is 0 Å². The molecule has 126 valence electrons. The van der Waals surface area contributed by atoms with Crippen LogP contribution in [0.5, 0.6) is 5.75 Å². The van der Waals surface area contributed by atoms with Crippen LogP contribution in [0.25, 0.3) is 0 Å². The Morgan fingerprint density at radius 3 is 2.57 bits per heavy atom. The van der Waals surface area contributed by atoms with Crippen LogP contribution in [-0.4, -0.2) is 51.9 Å². The number of rotatable bonds is 4. The van der Waals surface area contributed by atoms with Crippen LogP contribution >= 0.6 is 0 Å². The lowest BCUT2D eigenvalue weighted by molar-refractivity contribution is -0.137. The van der Waals surface area contributed by atoms with Crippen molar-refractivity contribution in [1.82, 2.24) is 4.90 Å². The third-order valence-corrected chi connectivity index (χ3v) is 4.88. The third-order valence-electron chi connectivity index (χ3n) is 4.88. The van der Waals surface area contributed by atoms with Gasteiger partial charge in [-0.05, 0) is 25.0 Å². The number of amides is 1. The van der Waals surface area contributed by atoms with E-state index in [1.807, 2.05) is 30.3 Å². The van der Waals surface area contributed by atoms with Gasteiger partial charge in [0.05, 0.1) is 25.1 Å². The van der Waals surface area contributed by atoms with Gasteiger partial charge >= 0.3 is 0 Å². The molecular formula is C18H25NO4. The van der Waals surface area contributed by atoms with Gasteiger partial charge in [0.15, 0.2) is 0 Å². The first-order chi connectivity index (χ1) is 11.1. The van der Waals surface area contributed by atoms with Gasteiger partial charge in [-0.1, -0.05) is 37.5 Å². The summed E-state index contributed by atoms with van der Waals surface area (Å²) in [6.45, 7) is 0.636. The van der Waals surface area contributed by atoms with Crippen molar-refractivity contribution >= 4 is 5.91 Å². The molecule has 0 radical (unpaired) electrons. The number of aliphatic hydroxyl groups excluding tert-OH is 1. The van der Waals surface area contributed by atoms with E-state index in [-0.39, 0.29) is 18.9 Å². The lowest BCUT2D eigenvalue weighted by Gasteiger charge is -2.32. The fourth-order valence-corrected chi connectivity index (χ4v) is 3.53. The van der Waals surface area contributed by atoms with Crippen molar-refractivity contribution in [2.24, 2.45) is 0 Å². The van der Waals surface area contributed by atoms with Gasteiger partial charge in [-0.3, -0.25) is 4.79 Å². The molecule has 1 aromatic rings. The number of carbonyl (C=O) groups excluding carboxylic acids is 1. The highest BCUT2D eigenvalue weighted by Crippen LogP contribution is 2.32. The molecule has 2 aliphatic rings. The minimum Gasteiger partial charge on any atom is -0.486 e. The van der Waals surface area contributed by atoms with Crippen LogP contribution < -0.4 is 4.74 Å². The second-order valence-electron chi connectivity index (χ2n) is 6.80. The summed E-state index contributed by atoms with van der Waals surface area (Å²) in [5, 5.41) is 20.7. The Labute approximate surface area is 136 Å². The molecule has 1 aliphatic carbocycles. The molecule has 2 N–H and O–H groups in total. The molecule has 1 amide bonds. The van der Waals surface area contributed by atoms with E-state index in [1.165, 1.54) is 0 Å². The summed E-state index contributed by atoms with van der Waals surface area (Å²) >= 11 is 0. The van der Waals surface area contributed by atoms with E-state index in [1.54, 1.807) is 4.90 Å². The second kappa shape index (κ2) is 6.89. The highest BCUT2D eigenvalue weighted by molar-refractivity contribution is 5.77. The first-order valence-electron chi connectivity index (χ1n) is 8.46. The standard InChI is InChI=1S/C18H25NO4/c20-15-12-19(13-16(15)23-14-7-3-1-4-8-14)17(21)11-18(22)9-5-2-6-10-18/h1,3-4,7-8,15-16,20,22H,2,5-6,9-13H2/t15-,16-/m1/s1. The zero-order valence-electron chi connectivity index (χ0n) is 13.4. The van der Waals surface area contributed by atoms with E-state index in [0.717, 1.165) is 19.3 Å². The highest BCUT2D eigenvalue weighted by Gasteiger charge is 2.39. The molecule has 3 rings (SSSR count). The molecule has 5 nitrogen and oxygen atoms in total. The number of benzene rings is 1. The number of hydrogen-bond donors (Lipinski definition) is 2.